The molecular formula is C12H16N2O4S2. The molecule has 4 unspecified atom stereocenters. The Balaban J connectivity index is 1.99. The van der Waals surface area contributed by atoms with E-state index in [1.54, 1.807) is 0 Å². The number of hydrogen-bond acceptors (Lipinski definition) is 4. The standard InChI is InChI=1S/C12H16N2O4S2/c1-9-7-13(9)19(15,16)11-4-3-5-12(6-11)20(17,18)14-8-10(14)2/h3-6,9-10H,7-8H2,1-2H3. The van der Waals surface area contributed by atoms with Gasteiger partial charge in [0.1, 0.15) is 0 Å². The minimum Gasteiger partial charge on any atom is -0.207 e. The molecule has 0 saturated carbocycles. The second-order valence-corrected chi connectivity index (χ2v) is 9.10. The maximum absolute atomic E-state index is 12.3. The van der Waals surface area contributed by atoms with Crippen LogP contribution in [0.4, 0.5) is 0 Å². The first kappa shape index (κ1) is 14.0. The molecule has 0 radical (unpaired) electrons. The van der Waals surface area contributed by atoms with Gasteiger partial charge in [0.25, 0.3) is 0 Å². The molecule has 2 aliphatic heterocycles. The molecule has 1 aromatic rings. The Kier molecular flexibility index (Phi) is 2.99. The third kappa shape index (κ3) is 2.16. The molecule has 3 rings (SSSR count). The zero-order valence-electron chi connectivity index (χ0n) is 11.2. The molecule has 2 heterocycles. The van der Waals surface area contributed by atoms with E-state index in [1.165, 1.54) is 32.9 Å². The van der Waals surface area contributed by atoms with Gasteiger partial charge in [0.05, 0.1) is 9.79 Å². The molecule has 4 atom stereocenters. The Morgan fingerprint density at radius 1 is 0.900 bits per heavy atom. The molecule has 2 aliphatic rings. The smallest absolute Gasteiger partial charge is 0.207 e. The van der Waals surface area contributed by atoms with E-state index in [-0.39, 0.29) is 21.9 Å². The van der Waals surface area contributed by atoms with E-state index in [0.717, 1.165) is 0 Å². The lowest BCUT2D eigenvalue weighted by atomic mass is 10.4. The summed E-state index contributed by atoms with van der Waals surface area (Å²) in [5, 5.41) is 0. The molecule has 2 saturated heterocycles. The Labute approximate surface area is 119 Å². The maximum atomic E-state index is 12.3. The third-order valence-corrected chi connectivity index (χ3v) is 7.58. The average Bonchev–Trinajstić information content (AvgIpc) is 3.28. The van der Waals surface area contributed by atoms with Crippen LogP contribution in [0.3, 0.4) is 0 Å². The number of nitrogens with zero attached hydrogens (tertiary/aromatic N) is 2. The monoisotopic (exact) mass is 316 g/mol. The van der Waals surface area contributed by atoms with Crippen molar-refractivity contribution >= 4 is 20.0 Å². The van der Waals surface area contributed by atoms with Gasteiger partial charge in [0.2, 0.25) is 20.0 Å². The molecule has 110 valence electrons. The van der Waals surface area contributed by atoms with E-state index in [9.17, 15) is 16.8 Å². The highest BCUT2D eigenvalue weighted by Gasteiger charge is 2.43. The second kappa shape index (κ2) is 4.27. The fraction of sp³-hybridized carbons (Fsp3) is 0.500. The summed E-state index contributed by atoms with van der Waals surface area (Å²) in [6, 6.07) is 5.58. The lowest BCUT2D eigenvalue weighted by molar-refractivity contribution is 0.553. The van der Waals surface area contributed by atoms with Crippen LogP contribution in [0.5, 0.6) is 0 Å². The zero-order chi connectivity index (χ0) is 14.7. The molecule has 0 aromatic heterocycles. The average molecular weight is 316 g/mol. The van der Waals surface area contributed by atoms with E-state index >= 15 is 0 Å². The first-order valence-electron chi connectivity index (χ1n) is 6.38. The first-order valence-corrected chi connectivity index (χ1v) is 9.26. The molecule has 6 nitrogen and oxygen atoms in total. The third-order valence-electron chi connectivity index (χ3n) is 3.62. The Morgan fingerprint density at radius 3 is 1.55 bits per heavy atom. The van der Waals surface area contributed by atoms with Gasteiger partial charge in [-0.2, -0.15) is 8.61 Å². The molecule has 0 amide bonds. The topological polar surface area (TPSA) is 74.3 Å². The number of sulfonamides is 2. The van der Waals surface area contributed by atoms with Crippen molar-refractivity contribution in [3.63, 3.8) is 0 Å². The molecule has 8 heteroatoms. The van der Waals surface area contributed by atoms with Crippen molar-refractivity contribution in [1.29, 1.82) is 0 Å². The number of hydrogen-bond donors (Lipinski definition) is 0. The molecule has 2 fully saturated rings. The second-order valence-electron chi connectivity index (χ2n) is 5.32. The molecule has 0 bridgehead atoms. The molecule has 1 aromatic carbocycles. The van der Waals surface area contributed by atoms with Gasteiger partial charge in [0, 0.05) is 25.2 Å². The molecule has 0 N–H and O–H groups in total. The molecule has 20 heavy (non-hydrogen) atoms. The fourth-order valence-corrected chi connectivity index (χ4v) is 5.60. The highest BCUT2D eigenvalue weighted by Crippen LogP contribution is 2.31. The van der Waals surface area contributed by atoms with E-state index in [1.807, 2.05) is 13.8 Å². The minimum atomic E-state index is -3.57. The summed E-state index contributed by atoms with van der Waals surface area (Å²) in [4.78, 5) is 0.0786. The highest BCUT2D eigenvalue weighted by molar-refractivity contribution is 7.90. The van der Waals surface area contributed by atoms with E-state index < -0.39 is 20.0 Å². The van der Waals surface area contributed by atoms with Gasteiger partial charge >= 0.3 is 0 Å². The minimum absolute atomic E-state index is 0.00697. The van der Waals surface area contributed by atoms with Crippen LogP contribution in [0.15, 0.2) is 34.1 Å². The van der Waals surface area contributed by atoms with Crippen LogP contribution in [0, 0.1) is 0 Å². The van der Waals surface area contributed by atoms with Gasteiger partial charge in [-0.05, 0) is 32.0 Å². The maximum Gasteiger partial charge on any atom is 0.243 e. The van der Waals surface area contributed by atoms with Gasteiger partial charge in [-0.25, -0.2) is 16.8 Å². The van der Waals surface area contributed by atoms with Crippen molar-refractivity contribution in [3.8, 4) is 0 Å². The summed E-state index contributed by atoms with van der Waals surface area (Å²) in [7, 11) is -7.13. The van der Waals surface area contributed by atoms with Gasteiger partial charge in [-0.3, -0.25) is 0 Å². The molecule has 0 aliphatic carbocycles. The Bertz CT molecular complexity index is 696. The van der Waals surface area contributed by atoms with Crippen LogP contribution in [-0.4, -0.2) is 50.6 Å². The van der Waals surface area contributed by atoms with Crippen molar-refractivity contribution in [3.05, 3.63) is 24.3 Å². The lowest BCUT2D eigenvalue weighted by Crippen LogP contribution is -2.17. The van der Waals surface area contributed by atoms with Crippen LogP contribution < -0.4 is 0 Å². The largest absolute Gasteiger partial charge is 0.243 e. The summed E-state index contributed by atoms with van der Waals surface area (Å²) < 4.78 is 51.7. The zero-order valence-corrected chi connectivity index (χ0v) is 12.9. The van der Waals surface area contributed by atoms with E-state index in [2.05, 4.69) is 0 Å². The van der Waals surface area contributed by atoms with Crippen molar-refractivity contribution in [2.75, 3.05) is 13.1 Å². The van der Waals surface area contributed by atoms with Crippen molar-refractivity contribution in [2.45, 2.75) is 35.7 Å². The number of benzene rings is 1. The fourth-order valence-electron chi connectivity index (χ4n) is 2.16. The first-order chi connectivity index (χ1) is 9.24. The lowest BCUT2D eigenvalue weighted by Gasteiger charge is -2.09. The summed E-state index contributed by atoms with van der Waals surface area (Å²) in [6.45, 7) is 4.61. The van der Waals surface area contributed by atoms with Gasteiger partial charge in [-0.1, -0.05) is 6.07 Å². The van der Waals surface area contributed by atoms with Crippen molar-refractivity contribution in [1.82, 2.24) is 8.61 Å². The van der Waals surface area contributed by atoms with Gasteiger partial charge < -0.3 is 0 Å². The summed E-state index contributed by atoms with van der Waals surface area (Å²) >= 11 is 0. The van der Waals surface area contributed by atoms with Gasteiger partial charge in [-0.15, -0.1) is 0 Å². The molecular weight excluding hydrogens is 300 g/mol. The van der Waals surface area contributed by atoms with E-state index in [4.69, 9.17) is 0 Å². The number of rotatable bonds is 4. The summed E-state index contributed by atoms with van der Waals surface area (Å²) in [5.41, 5.74) is 0. The quantitative estimate of drug-likeness (QED) is 0.757. The van der Waals surface area contributed by atoms with Crippen molar-refractivity contribution < 1.29 is 16.8 Å². The predicted octanol–water partition coefficient (Wildman–Crippen LogP) is 0.472. The molecule has 0 spiro atoms. The van der Waals surface area contributed by atoms with Crippen LogP contribution in [0.1, 0.15) is 13.8 Å². The van der Waals surface area contributed by atoms with Crippen LogP contribution >= 0.6 is 0 Å². The van der Waals surface area contributed by atoms with Gasteiger partial charge in [0.15, 0.2) is 0 Å². The van der Waals surface area contributed by atoms with E-state index in [0.29, 0.717) is 13.1 Å². The SMILES string of the molecule is CC1CN1S(=O)(=O)c1cccc(S(=O)(=O)N2CC2C)c1. The van der Waals surface area contributed by atoms with Crippen LogP contribution in [-0.2, 0) is 20.0 Å². The Morgan fingerprint density at radius 2 is 1.25 bits per heavy atom. The van der Waals surface area contributed by atoms with Crippen LogP contribution in [0.2, 0.25) is 0 Å². The Hall–Kier alpha value is -0.960. The van der Waals surface area contributed by atoms with Crippen molar-refractivity contribution in [2.24, 2.45) is 0 Å². The highest BCUT2D eigenvalue weighted by atomic mass is 32.2. The van der Waals surface area contributed by atoms with Crippen LogP contribution in [0.25, 0.3) is 0 Å². The summed E-state index contributed by atoms with van der Waals surface area (Å²) in [5.74, 6) is 0. The summed E-state index contributed by atoms with van der Waals surface area (Å²) in [6.07, 6.45) is 0. The predicted molar refractivity (Wildman–Crippen MR) is 73.1 cm³/mol. The normalized spacial score (nSPS) is 32.9.